The highest BCUT2D eigenvalue weighted by molar-refractivity contribution is 5.85. The zero-order valence-electron chi connectivity index (χ0n) is 6.93. The van der Waals surface area contributed by atoms with Crippen molar-refractivity contribution in [1.29, 1.82) is 0 Å². The van der Waals surface area contributed by atoms with Gasteiger partial charge in [0.15, 0.2) is 0 Å². The minimum atomic E-state index is -1.28. The van der Waals surface area contributed by atoms with E-state index in [-0.39, 0.29) is 11.8 Å². The van der Waals surface area contributed by atoms with Crippen molar-refractivity contribution in [3.63, 3.8) is 0 Å². The second-order valence-electron chi connectivity index (χ2n) is 3.94. The quantitative estimate of drug-likeness (QED) is 0.539. The third-order valence-electron chi connectivity index (χ3n) is 3.34. The highest BCUT2D eigenvalue weighted by Crippen LogP contribution is 2.61. The molecule has 0 radical (unpaired) electrons. The molecule has 0 aromatic rings. The molecule has 13 heavy (non-hydrogen) atoms. The van der Waals surface area contributed by atoms with Gasteiger partial charge in [-0.3, -0.25) is 9.59 Å². The minimum absolute atomic E-state index is 0.00130. The predicted molar refractivity (Wildman–Crippen MR) is 41.9 cm³/mol. The summed E-state index contributed by atoms with van der Waals surface area (Å²) in [6.45, 7) is 0. The molecular weight excluding hydrogens is 174 g/mol. The van der Waals surface area contributed by atoms with Crippen LogP contribution in [0.2, 0.25) is 0 Å². The maximum atomic E-state index is 10.8. The van der Waals surface area contributed by atoms with Gasteiger partial charge in [0.25, 0.3) is 0 Å². The molecule has 0 amide bonds. The van der Waals surface area contributed by atoms with E-state index in [4.69, 9.17) is 15.9 Å². The van der Waals surface area contributed by atoms with Crippen molar-refractivity contribution >= 4 is 11.9 Å². The Balaban J connectivity index is 2.20. The number of carbonyl (C=O) groups is 2. The van der Waals surface area contributed by atoms with E-state index < -0.39 is 23.4 Å². The van der Waals surface area contributed by atoms with E-state index in [9.17, 15) is 9.59 Å². The highest BCUT2D eigenvalue weighted by atomic mass is 16.4. The maximum Gasteiger partial charge on any atom is 0.324 e. The standard InChI is InChI=1S/C8H11NO4/c9-8(7(12)13)2-1-3-4(5(3)8)6(10)11/h3-5H,1-2,9H2,(H,10,11)(H,12,13)/t3-,4+,5+,8-/m1/s1. The highest BCUT2D eigenvalue weighted by Gasteiger charge is 2.69. The van der Waals surface area contributed by atoms with E-state index in [1.807, 2.05) is 0 Å². The first kappa shape index (κ1) is 8.50. The Morgan fingerprint density at radius 3 is 2.38 bits per heavy atom. The van der Waals surface area contributed by atoms with Gasteiger partial charge in [-0.05, 0) is 18.8 Å². The van der Waals surface area contributed by atoms with Crippen LogP contribution in [0, 0.1) is 17.8 Å². The molecule has 5 nitrogen and oxygen atoms in total. The second kappa shape index (κ2) is 2.23. The zero-order chi connectivity index (χ0) is 9.80. The van der Waals surface area contributed by atoms with Crippen LogP contribution < -0.4 is 5.73 Å². The Kier molecular flexibility index (Phi) is 1.46. The minimum Gasteiger partial charge on any atom is -0.481 e. The lowest BCUT2D eigenvalue weighted by molar-refractivity contribution is -0.145. The molecule has 0 aliphatic heterocycles. The van der Waals surface area contributed by atoms with Crippen LogP contribution in [-0.4, -0.2) is 27.7 Å². The molecule has 0 saturated heterocycles. The van der Waals surface area contributed by atoms with Gasteiger partial charge in [0, 0.05) is 5.92 Å². The second-order valence-corrected chi connectivity index (χ2v) is 3.94. The third kappa shape index (κ3) is 0.904. The van der Waals surface area contributed by atoms with Crippen LogP contribution >= 0.6 is 0 Å². The number of hydrogen-bond donors (Lipinski definition) is 3. The van der Waals surface area contributed by atoms with Gasteiger partial charge in [0.1, 0.15) is 5.54 Å². The number of nitrogens with two attached hydrogens (primary N) is 1. The summed E-state index contributed by atoms with van der Waals surface area (Å²) in [4.78, 5) is 21.4. The molecule has 72 valence electrons. The molecule has 0 bridgehead atoms. The van der Waals surface area contributed by atoms with Crippen molar-refractivity contribution in [2.45, 2.75) is 18.4 Å². The monoisotopic (exact) mass is 185 g/mol. The van der Waals surface area contributed by atoms with Crippen LogP contribution in [-0.2, 0) is 9.59 Å². The van der Waals surface area contributed by atoms with Crippen molar-refractivity contribution < 1.29 is 19.8 Å². The normalized spacial score (nSPS) is 47.0. The average molecular weight is 185 g/mol. The summed E-state index contributed by atoms with van der Waals surface area (Å²) in [6.07, 6.45) is 1.03. The van der Waals surface area contributed by atoms with Crippen LogP contribution in [0.15, 0.2) is 0 Å². The summed E-state index contributed by atoms with van der Waals surface area (Å²) in [5, 5.41) is 17.6. The first-order chi connectivity index (χ1) is 5.98. The molecular formula is C8H11NO4. The molecule has 2 rings (SSSR count). The van der Waals surface area contributed by atoms with Gasteiger partial charge in [0.05, 0.1) is 5.92 Å². The Labute approximate surface area is 74.5 Å². The molecule has 0 aromatic carbocycles. The molecule has 4 atom stereocenters. The SMILES string of the molecule is N[C@]1(C(=O)O)CC[C@@H]2[C@H](C(=O)O)[C@H]21. The predicted octanol–water partition coefficient (Wildman–Crippen LogP) is -0.491. The summed E-state index contributed by atoms with van der Waals surface area (Å²) < 4.78 is 0. The van der Waals surface area contributed by atoms with Gasteiger partial charge in [-0.1, -0.05) is 0 Å². The number of fused-ring (bicyclic) bond motifs is 1. The summed E-state index contributed by atoms with van der Waals surface area (Å²) in [5.74, 6) is -2.84. The number of aliphatic carboxylic acids is 2. The van der Waals surface area contributed by atoms with E-state index in [0.29, 0.717) is 12.8 Å². The largest absolute Gasteiger partial charge is 0.481 e. The van der Waals surface area contributed by atoms with Crippen molar-refractivity contribution in [1.82, 2.24) is 0 Å². The topological polar surface area (TPSA) is 101 Å². The lowest BCUT2D eigenvalue weighted by atomic mass is 9.92. The fraction of sp³-hybridized carbons (Fsp3) is 0.750. The molecule has 0 aromatic heterocycles. The van der Waals surface area contributed by atoms with Crippen molar-refractivity contribution in [2.24, 2.45) is 23.5 Å². The first-order valence-corrected chi connectivity index (χ1v) is 4.23. The van der Waals surface area contributed by atoms with E-state index in [1.165, 1.54) is 0 Å². The third-order valence-corrected chi connectivity index (χ3v) is 3.34. The summed E-state index contributed by atoms with van der Waals surface area (Å²) in [7, 11) is 0. The van der Waals surface area contributed by atoms with Gasteiger partial charge in [-0.25, -0.2) is 0 Å². The van der Waals surface area contributed by atoms with E-state index in [1.54, 1.807) is 0 Å². The van der Waals surface area contributed by atoms with Crippen LogP contribution in [0.5, 0.6) is 0 Å². The van der Waals surface area contributed by atoms with Crippen molar-refractivity contribution in [3.8, 4) is 0 Å². The lowest BCUT2D eigenvalue weighted by Gasteiger charge is -2.20. The molecule has 2 fully saturated rings. The first-order valence-electron chi connectivity index (χ1n) is 4.23. The lowest BCUT2D eigenvalue weighted by Crippen LogP contribution is -2.49. The maximum absolute atomic E-state index is 10.8. The molecule has 0 heterocycles. The van der Waals surface area contributed by atoms with Gasteiger partial charge < -0.3 is 15.9 Å². The Hall–Kier alpha value is -1.10. The Bertz CT molecular complexity index is 290. The zero-order valence-corrected chi connectivity index (χ0v) is 6.93. The van der Waals surface area contributed by atoms with Gasteiger partial charge in [-0.15, -0.1) is 0 Å². The smallest absolute Gasteiger partial charge is 0.324 e. The van der Waals surface area contributed by atoms with Crippen LogP contribution in [0.25, 0.3) is 0 Å². The van der Waals surface area contributed by atoms with Gasteiger partial charge in [0.2, 0.25) is 0 Å². The summed E-state index contributed by atoms with van der Waals surface area (Å²) in [5.41, 5.74) is 4.37. The molecule has 2 aliphatic carbocycles. The Morgan fingerprint density at radius 2 is 2.00 bits per heavy atom. The molecule has 0 unspecified atom stereocenters. The van der Waals surface area contributed by atoms with Crippen molar-refractivity contribution in [2.75, 3.05) is 0 Å². The van der Waals surface area contributed by atoms with E-state index in [0.717, 1.165) is 0 Å². The van der Waals surface area contributed by atoms with Crippen LogP contribution in [0.3, 0.4) is 0 Å². The molecule has 2 saturated carbocycles. The molecule has 2 aliphatic rings. The van der Waals surface area contributed by atoms with Crippen LogP contribution in [0.4, 0.5) is 0 Å². The number of carboxylic acids is 2. The van der Waals surface area contributed by atoms with E-state index >= 15 is 0 Å². The van der Waals surface area contributed by atoms with Crippen LogP contribution in [0.1, 0.15) is 12.8 Å². The van der Waals surface area contributed by atoms with Crippen molar-refractivity contribution in [3.05, 3.63) is 0 Å². The average Bonchev–Trinajstić information content (AvgIpc) is 2.66. The number of carboxylic acid groups (broad SMARTS) is 2. The van der Waals surface area contributed by atoms with E-state index in [2.05, 4.69) is 0 Å². The molecule has 0 spiro atoms. The molecule has 5 heteroatoms. The summed E-state index contributed by atoms with van der Waals surface area (Å²) in [6, 6.07) is 0. The number of hydrogen-bond acceptors (Lipinski definition) is 3. The number of rotatable bonds is 2. The van der Waals surface area contributed by atoms with Gasteiger partial charge in [-0.2, -0.15) is 0 Å². The fourth-order valence-electron chi connectivity index (χ4n) is 2.59. The Morgan fingerprint density at radius 1 is 1.38 bits per heavy atom. The fourth-order valence-corrected chi connectivity index (χ4v) is 2.59. The molecule has 4 N–H and O–H groups in total. The van der Waals surface area contributed by atoms with Gasteiger partial charge >= 0.3 is 11.9 Å². The summed E-state index contributed by atoms with van der Waals surface area (Å²) >= 11 is 0.